The number of H-pyrrole nitrogens is 1. The molecule has 0 unspecified atom stereocenters. The molecule has 1 aromatic rings. The molecule has 0 aromatic carbocycles. The molecule has 3 N–H and O–H groups in total. The summed E-state index contributed by atoms with van der Waals surface area (Å²) in [6, 6.07) is 1.01. The lowest BCUT2D eigenvalue weighted by Gasteiger charge is -2.15. The second-order valence-electron chi connectivity index (χ2n) is 3.77. The van der Waals surface area contributed by atoms with Crippen LogP contribution in [0.2, 0.25) is 0 Å². The molecule has 1 heterocycles. The van der Waals surface area contributed by atoms with Crippen molar-refractivity contribution in [2.75, 3.05) is 20.1 Å². The topological polar surface area (TPSA) is 120 Å². The minimum absolute atomic E-state index is 0.198. The van der Waals surface area contributed by atoms with E-state index in [1.165, 1.54) is 7.05 Å². The first-order chi connectivity index (χ1) is 8.78. The van der Waals surface area contributed by atoms with Crippen LogP contribution >= 0.6 is 0 Å². The smallest absolute Gasteiger partial charge is 0.352 e. The Hall–Kier alpha value is -1.87. The van der Waals surface area contributed by atoms with Crippen molar-refractivity contribution < 1.29 is 23.1 Å². The van der Waals surface area contributed by atoms with E-state index in [-0.39, 0.29) is 17.1 Å². The first kappa shape index (κ1) is 15.2. The molecule has 0 saturated carbocycles. The molecule has 8 nitrogen and oxygen atoms in total. The summed E-state index contributed by atoms with van der Waals surface area (Å²) in [5, 5.41) is 11.2. The van der Waals surface area contributed by atoms with Gasteiger partial charge in [0, 0.05) is 19.8 Å². The highest BCUT2D eigenvalue weighted by atomic mass is 32.2. The summed E-state index contributed by atoms with van der Waals surface area (Å²) < 4.78 is 24.9. The van der Waals surface area contributed by atoms with Gasteiger partial charge in [-0.25, -0.2) is 13.2 Å². The molecule has 0 radical (unpaired) electrons. The van der Waals surface area contributed by atoms with E-state index in [0.717, 1.165) is 16.6 Å². The van der Waals surface area contributed by atoms with Crippen LogP contribution in [0.5, 0.6) is 0 Å². The van der Waals surface area contributed by atoms with Gasteiger partial charge in [0.1, 0.15) is 10.6 Å². The molecule has 1 amide bonds. The molecule has 0 aliphatic carbocycles. The average Bonchev–Trinajstić information content (AvgIpc) is 2.78. The Bertz CT molecular complexity index is 578. The van der Waals surface area contributed by atoms with E-state index in [9.17, 15) is 18.0 Å². The van der Waals surface area contributed by atoms with E-state index in [1.54, 1.807) is 6.92 Å². The van der Waals surface area contributed by atoms with Crippen molar-refractivity contribution in [3.05, 3.63) is 18.0 Å². The van der Waals surface area contributed by atoms with Crippen molar-refractivity contribution in [2.24, 2.45) is 0 Å². The molecular formula is C10H15N3O5S. The molecule has 0 bridgehead atoms. The minimum Gasteiger partial charge on any atom is -0.477 e. The number of aromatic amines is 1. The Morgan fingerprint density at radius 1 is 1.47 bits per heavy atom. The number of likely N-dealkylation sites (N-methyl/N-ethyl adjacent to an activating group) is 2. The number of carboxylic acid groups (broad SMARTS) is 1. The Labute approximate surface area is 110 Å². The fraction of sp³-hybridized carbons (Fsp3) is 0.400. The summed E-state index contributed by atoms with van der Waals surface area (Å²) in [5.41, 5.74) is -0.231. The molecule has 1 rings (SSSR count). The second-order valence-corrected chi connectivity index (χ2v) is 5.81. The number of aromatic nitrogens is 1. The number of carboxylic acids is 1. The van der Waals surface area contributed by atoms with E-state index in [2.05, 4.69) is 10.3 Å². The van der Waals surface area contributed by atoms with E-state index in [4.69, 9.17) is 5.11 Å². The van der Waals surface area contributed by atoms with Crippen molar-refractivity contribution in [1.29, 1.82) is 0 Å². The van der Waals surface area contributed by atoms with Crippen LogP contribution in [0.3, 0.4) is 0 Å². The second kappa shape index (κ2) is 5.85. The summed E-state index contributed by atoms with van der Waals surface area (Å²) in [6.45, 7) is 1.79. The van der Waals surface area contributed by atoms with Crippen LogP contribution in [-0.2, 0) is 14.8 Å². The van der Waals surface area contributed by atoms with Crippen LogP contribution in [0.1, 0.15) is 17.4 Å². The SMILES string of the molecule is CCNC(=O)CN(C)S(=O)(=O)c1c[nH]c(C(=O)O)c1. The summed E-state index contributed by atoms with van der Waals surface area (Å²) in [5.74, 6) is -1.68. The molecule has 19 heavy (non-hydrogen) atoms. The summed E-state index contributed by atoms with van der Waals surface area (Å²) in [6.07, 6.45) is 1.08. The van der Waals surface area contributed by atoms with Crippen LogP contribution in [-0.4, -0.2) is 54.8 Å². The van der Waals surface area contributed by atoms with Gasteiger partial charge in [0.25, 0.3) is 0 Å². The largest absolute Gasteiger partial charge is 0.477 e. The zero-order chi connectivity index (χ0) is 14.6. The summed E-state index contributed by atoms with van der Waals surface area (Å²) >= 11 is 0. The highest BCUT2D eigenvalue weighted by molar-refractivity contribution is 7.89. The molecule has 1 aromatic heterocycles. The minimum atomic E-state index is -3.89. The molecule has 0 saturated heterocycles. The van der Waals surface area contributed by atoms with Crippen molar-refractivity contribution in [3.63, 3.8) is 0 Å². The first-order valence-corrected chi connectivity index (χ1v) is 6.87. The number of nitrogens with one attached hydrogen (secondary N) is 2. The molecular weight excluding hydrogens is 274 g/mol. The molecule has 0 fully saturated rings. The van der Waals surface area contributed by atoms with Crippen LogP contribution < -0.4 is 5.32 Å². The number of hydrogen-bond acceptors (Lipinski definition) is 4. The van der Waals surface area contributed by atoms with Gasteiger partial charge in [-0.15, -0.1) is 0 Å². The fourth-order valence-corrected chi connectivity index (χ4v) is 2.49. The van der Waals surface area contributed by atoms with Crippen molar-refractivity contribution in [3.8, 4) is 0 Å². The highest BCUT2D eigenvalue weighted by Gasteiger charge is 2.24. The Balaban J connectivity index is 2.90. The lowest BCUT2D eigenvalue weighted by atomic mass is 10.4. The predicted molar refractivity (Wildman–Crippen MR) is 66.3 cm³/mol. The monoisotopic (exact) mass is 289 g/mol. The number of rotatable bonds is 6. The molecule has 106 valence electrons. The quantitative estimate of drug-likeness (QED) is 0.650. The van der Waals surface area contributed by atoms with Crippen LogP contribution in [0.25, 0.3) is 0 Å². The van der Waals surface area contributed by atoms with Crippen molar-refractivity contribution >= 4 is 21.9 Å². The zero-order valence-corrected chi connectivity index (χ0v) is 11.3. The number of aromatic carboxylic acids is 1. The van der Waals surface area contributed by atoms with E-state index in [1.807, 2.05) is 0 Å². The van der Waals surface area contributed by atoms with Gasteiger partial charge in [0.05, 0.1) is 6.54 Å². The van der Waals surface area contributed by atoms with Gasteiger partial charge < -0.3 is 15.4 Å². The molecule has 0 atom stereocenters. The van der Waals surface area contributed by atoms with E-state index in [0.29, 0.717) is 6.54 Å². The van der Waals surface area contributed by atoms with Crippen molar-refractivity contribution in [2.45, 2.75) is 11.8 Å². The van der Waals surface area contributed by atoms with Crippen LogP contribution in [0, 0.1) is 0 Å². The third-order valence-electron chi connectivity index (χ3n) is 2.34. The van der Waals surface area contributed by atoms with Crippen LogP contribution in [0.4, 0.5) is 0 Å². The molecule has 0 spiro atoms. The van der Waals surface area contributed by atoms with E-state index < -0.39 is 21.9 Å². The van der Waals surface area contributed by atoms with Gasteiger partial charge >= 0.3 is 5.97 Å². The first-order valence-electron chi connectivity index (χ1n) is 5.43. The molecule has 0 aliphatic rings. The van der Waals surface area contributed by atoms with Gasteiger partial charge in [-0.2, -0.15) is 4.31 Å². The number of carbonyl (C=O) groups excluding carboxylic acids is 1. The average molecular weight is 289 g/mol. The maximum absolute atomic E-state index is 12.0. The van der Waals surface area contributed by atoms with Gasteiger partial charge in [-0.3, -0.25) is 4.79 Å². The third kappa shape index (κ3) is 3.55. The van der Waals surface area contributed by atoms with Crippen molar-refractivity contribution in [1.82, 2.24) is 14.6 Å². The number of carbonyl (C=O) groups is 2. The fourth-order valence-electron chi connectivity index (χ4n) is 1.37. The standard InChI is InChI=1S/C10H15N3O5S/c1-3-11-9(14)6-13(2)19(17,18)7-4-8(10(15)16)12-5-7/h4-5,12H,3,6H2,1-2H3,(H,11,14)(H,15,16). The van der Waals surface area contributed by atoms with E-state index >= 15 is 0 Å². The highest BCUT2D eigenvalue weighted by Crippen LogP contribution is 2.15. The lowest BCUT2D eigenvalue weighted by molar-refractivity contribution is -0.121. The summed E-state index contributed by atoms with van der Waals surface area (Å²) in [7, 11) is -2.64. The van der Waals surface area contributed by atoms with Crippen LogP contribution in [0.15, 0.2) is 17.2 Å². The molecule has 0 aliphatic heterocycles. The summed E-state index contributed by atoms with van der Waals surface area (Å²) in [4.78, 5) is 24.1. The lowest BCUT2D eigenvalue weighted by Crippen LogP contribution is -2.38. The predicted octanol–water partition coefficient (Wildman–Crippen LogP) is -0.530. The maximum Gasteiger partial charge on any atom is 0.352 e. The number of sulfonamides is 1. The zero-order valence-electron chi connectivity index (χ0n) is 10.5. The van der Waals surface area contributed by atoms with Gasteiger partial charge in [0.15, 0.2) is 0 Å². The number of hydrogen-bond donors (Lipinski definition) is 3. The normalized spacial score (nSPS) is 11.5. The third-order valence-corrected chi connectivity index (χ3v) is 4.12. The molecule has 9 heteroatoms. The Morgan fingerprint density at radius 2 is 2.11 bits per heavy atom. The maximum atomic E-state index is 12.0. The number of amides is 1. The van der Waals surface area contributed by atoms with Gasteiger partial charge in [0.2, 0.25) is 15.9 Å². The Morgan fingerprint density at radius 3 is 2.58 bits per heavy atom. The van der Waals surface area contributed by atoms with Gasteiger partial charge in [-0.1, -0.05) is 0 Å². The number of nitrogens with zero attached hydrogens (tertiary/aromatic N) is 1. The Kier molecular flexibility index (Phi) is 4.67. The van der Waals surface area contributed by atoms with Gasteiger partial charge in [-0.05, 0) is 13.0 Å².